The normalized spacial score (nSPS) is 52.5. The van der Waals surface area contributed by atoms with Gasteiger partial charge in [-0.25, -0.2) is 0 Å². The van der Waals surface area contributed by atoms with E-state index in [-0.39, 0.29) is 0 Å². The van der Waals surface area contributed by atoms with Crippen molar-refractivity contribution in [2.75, 3.05) is 0 Å². The summed E-state index contributed by atoms with van der Waals surface area (Å²) < 4.78 is 0. The maximum Gasteiger partial charge on any atom is -0.0115 e. The Morgan fingerprint density at radius 2 is 2.13 bits per heavy atom. The van der Waals surface area contributed by atoms with Crippen molar-refractivity contribution in [2.24, 2.45) is 35.0 Å². The summed E-state index contributed by atoms with van der Waals surface area (Å²) in [5.74, 6) is 4.96. The zero-order chi connectivity index (χ0) is 10.8. The molecule has 5 atom stereocenters. The van der Waals surface area contributed by atoms with Crippen LogP contribution in [0, 0.1) is 35.0 Å². The third-order valence-electron chi connectivity index (χ3n) is 5.96. The van der Waals surface area contributed by atoms with Gasteiger partial charge in [0.25, 0.3) is 0 Å². The molecule has 0 aromatic carbocycles. The van der Waals surface area contributed by atoms with Crippen molar-refractivity contribution in [2.45, 2.75) is 47.0 Å². The first-order valence-electron chi connectivity index (χ1n) is 6.72. The lowest BCUT2D eigenvalue weighted by atomic mass is 9.34. The molecule has 2 saturated carbocycles. The van der Waals surface area contributed by atoms with Crippen LogP contribution >= 0.6 is 0 Å². The molecule has 0 N–H and O–H groups in total. The van der Waals surface area contributed by atoms with Gasteiger partial charge >= 0.3 is 0 Å². The van der Waals surface area contributed by atoms with Gasteiger partial charge in [-0.05, 0) is 61.2 Å². The molecule has 0 nitrogen and oxygen atoms in total. The predicted octanol–water partition coefficient (Wildman–Crippen LogP) is 4.27. The van der Waals surface area contributed by atoms with Crippen molar-refractivity contribution < 1.29 is 0 Å². The highest BCUT2D eigenvalue weighted by atomic mass is 14.7. The fourth-order valence-electron chi connectivity index (χ4n) is 5.25. The number of rotatable bonds is 1. The van der Waals surface area contributed by atoms with E-state index in [4.69, 9.17) is 0 Å². The molecule has 0 aliphatic heterocycles. The summed E-state index contributed by atoms with van der Waals surface area (Å²) in [5.41, 5.74) is 2.42. The zero-order valence-corrected chi connectivity index (χ0v) is 10.6. The van der Waals surface area contributed by atoms with Gasteiger partial charge in [-0.2, -0.15) is 0 Å². The molecule has 4 bridgehead atoms. The second kappa shape index (κ2) is 2.90. The first kappa shape index (κ1) is 9.93. The maximum atomic E-state index is 2.56. The number of hydrogen-bond acceptors (Lipinski definition) is 0. The van der Waals surface area contributed by atoms with Crippen LogP contribution in [0.2, 0.25) is 0 Å². The van der Waals surface area contributed by atoms with Crippen LogP contribution in [-0.2, 0) is 0 Å². The fraction of sp³-hybridized carbons (Fsp3) is 0.867. The summed E-state index contributed by atoms with van der Waals surface area (Å²) in [6, 6.07) is 0. The van der Waals surface area contributed by atoms with Crippen LogP contribution in [0.5, 0.6) is 0 Å². The summed E-state index contributed by atoms with van der Waals surface area (Å²) in [7, 11) is 0. The van der Waals surface area contributed by atoms with Gasteiger partial charge in [-0.15, -0.1) is 0 Å². The molecule has 0 aromatic rings. The lowest BCUT2D eigenvalue weighted by Crippen LogP contribution is -2.63. The molecular formula is C15H24. The molecule has 1 unspecified atom stereocenters. The Balaban J connectivity index is 1.95. The topological polar surface area (TPSA) is 0 Å². The van der Waals surface area contributed by atoms with Gasteiger partial charge in [0.15, 0.2) is 0 Å². The Kier molecular flexibility index (Phi) is 1.92. The van der Waals surface area contributed by atoms with Crippen LogP contribution in [-0.4, -0.2) is 0 Å². The molecular weight excluding hydrogens is 180 g/mol. The Labute approximate surface area is 94.1 Å². The lowest BCUT2D eigenvalue weighted by molar-refractivity contribution is -0.181. The van der Waals surface area contributed by atoms with E-state index in [1.54, 1.807) is 5.57 Å². The highest BCUT2D eigenvalue weighted by molar-refractivity contribution is 5.28. The van der Waals surface area contributed by atoms with Crippen LogP contribution in [0.3, 0.4) is 0 Å². The molecule has 0 saturated heterocycles. The van der Waals surface area contributed by atoms with E-state index in [1.165, 1.54) is 19.3 Å². The molecule has 0 heterocycles. The maximum absolute atomic E-state index is 2.56. The van der Waals surface area contributed by atoms with Gasteiger partial charge in [0.05, 0.1) is 0 Å². The first-order valence-corrected chi connectivity index (χ1v) is 6.72. The van der Waals surface area contributed by atoms with Crippen LogP contribution in [0.25, 0.3) is 0 Å². The minimum Gasteiger partial charge on any atom is -0.0850 e. The fourth-order valence-corrected chi connectivity index (χ4v) is 5.25. The highest BCUT2D eigenvalue weighted by Gasteiger charge is 2.64. The highest BCUT2D eigenvalue weighted by Crippen LogP contribution is 2.71. The quantitative estimate of drug-likeness (QED) is 0.559. The minimum absolute atomic E-state index is 0.703. The minimum atomic E-state index is 0.703. The van der Waals surface area contributed by atoms with Crippen LogP contribution in [0.1, 0.15) is 47.0 Å². The molecule has 15 heavy (non-hydrogen) atoms. The third-order valence-corrected chi connectivity index (χ3v) is 5.96. The molecule has 84 valence electrons. The number of allylic oxidation sites excluding steroid dienone is 2. The summed E-state index contributed by atoms with van der Waals surface area (Å²) in [6.45, 7) is 9.81. The predicted molar refractivity (Wildman–Crippen MR) is 64.5 cm³/mol. The van der Waals surface area contributed by atoms with E-state index < -0.39 is 0 Å². The second-order valence-corrected chi connectivity index (χ2v) is 6.80. The van der Waals surface area contributed by atoms with Gasteiger partial charge in [0, 0.05) is 0 Å². The molecule has 0 spiro atoms. The largest absolute Gasteiger partial charge is 0.0850 e. The third kappa shape index (κ3) is 1.04. The van der Waals surface area contributed by atoms with E-state index in [2.05, 4.69) is 33.8 Å². The number of fused-ring (bicyclic) bond motifs is 1. The molecule has 0 radical (unpaired) electrons. The second-order valence-electron chi connectivity index (χ2n) is 6.80. The zero-order valence-electron chi connectivity index (χ0n) is 10.6. The van der Waals surface area contributed by atoms with Crippen molar-refractivity contribution in [3.05, 3.63) is 11.6 Å². The monoisotopic (exact) mass is 204 g/mol. The van der Waals surface area contributed by atoms with E-state index in [0.717, 1.165) is 29.6 Å². The van der Waals surface area contributed by atoms with Crippen LogP contribution in [0.15, 0.2) is 11.6 Å². The van der Waals surface area contributed by atoms with Crippen molar-refractivity contribution in [1.82, 2.24) is 0 Å². The Morgan fingerprint density at radius 3 is 2.73 bits per heavy atom. The summed E-state index contributed by atoms with van der Waals surface area (Å²) in [5, 5.41) is 0. The Morgan fingerprint density at radius 1 is 1.40 bits per heavy atom. The van der Waals surface area contributed by atoms with Gasteiger partial charge in [0.1, 0.15) is 0 Å². The summed E-state index contributed by atoms with van der Waals surface area (Å²) >= 11 is 0. The molecule has 0 amide bonds. The van der Waals surface area contributed by atoms with Gasteiger partial charge in [-0.3, -0.25) is 0 Å². The standard InChI is InChI=1S/C15H24/c1-9(2)11-7-8-15(4)12-6-5-10(3)14(15)13(11)12/h5,9,11-14H,6-8H2,1-4H3/t11-,12+,13+,14?,15+/m0/s1. The molecule has 4 aliphatic rings. The lowest BCUT2D eigenvalue weighted by Gasteiger charge is -2.70. The van der Waals surface area contributed by atoms with E-state index in [0.29, 0.717) is 5.41 Å². The van der Waals surface area contributed by atoms with Crippen molar-refractivity contribution in [3.8, 4) is 0 Å². The SMILES string of the molecule is CC1=CC[C@@H]2[C@@H]3C1[C@]2(C)CC[C@H]3C(C)C. The Bertz CT molecular complexity index is 312. The van der Waals surface area contributed by atoms with E-state index >= 15 is 0 Å². The Hall–Kier alpha value is -0.260. The summed E-state index contributed by atoms with van der Waals surface area (Å²) in [6.07, 6.45) is 6.90. The van der Waals surface area contributed by atoms with Crippen molar-refractivity contribution in [3.63, 3.8) is 0 Å². The van der Waals surface area contributed by atoms with Crippen LogP contribution < -0.4 is 0 Å². The van der Waals surface area contributed by atoms with Gasteiger partial charge in [-0.1, -0.05) is 32.4 Å². The first-order chi connectivity index (χ1) is 7.05. The van der Waals surface area contributed by atoms with E-state index in [9.17, 15) is 0 Å². The smallest absolute Gasteiger partial charge is 0.0115 e. The van der Waals surface area contributed by atoms with Gasteiger partial charge in [0.2, 0.25) is 0 Å². The van der Waals surface area contributed by atoms with Crippen molar-refractivity contribution >= 4 is 0 Å². The average molecular weight is 204 g/mol. The van der Waals surface area contributed by atoms with Crippen LogP contribution in [0.4, 0.5) is 0 Å². The number of hydrogen-bond donors (Lipinski definition) is 0. The molecule has 2 fully saturated rings. The molecule has 0 heteroatoms. The molecule has 4 aliphatic carbocycles. The molecule has 0 aromatic heterocycles. The van der Waals surface area contributed by atoms with Crippen molar-refractivity contribution in [1.29, 1.82) is 0 Å². The van der Waals surface area contributed by atoms with Gasteiger partial charge < -0.3 is 0 Å². The van der Waals surface area contributed by atoms with E-state index in [1.807, 2.05) is 0 Å². The average Bonchev–Trinajstić information content (AvgIpc) is 2.17. The summed E-state index contributed by atoms with van der Waals surface area (Å²) in [4.78, 5) is 0. The molecule has 4 rings (SSSR count).